The molecule has 1 aromatic rings. The number of likely N-dealkylation sites (tertiary alicyclic amines) is 1. The van der Waals surface area contributed by atoms with Gasteiger partial charge < -0.3 is 15.3 Å². The van der Waals surface area contributed by atoms with Crippen LogP contribution in [0.25, 0.3) is 0 Å². The highest BCUT2D eigenvalue weighted by molar-refractivity contribution is 6.01. The molecule has 114 valence electrons. The second-order valence-corrected chi connectivity index (χ2v) is 5.41. The number of carboxylic acids is 1. The summed E-state index contributed by atoms with van der Waals surface area (Å²) in [6.07, 6.45) is 1.83. The second kappa shape index (κ2) is 6.58. The van der Waals surface area contributed by atoms with Crippen molar-refractivity contribution in [2.24, 2.45) is 0 Å². The molecule has 6 nitrogen and oxygen atoms in total. The van der Waals surface area contributed by atoms with Crippen LogP contribution < -0.4 is 10.2 Å². The number of carboxylic acid groups (broad SMARTS) is 1. The third kappa shape index (κ3) is 3.72. The van der Waals surface area contributed by atoms with Crippen LogP contribution in [-0.4, -0.2) is 55.2 Å². The van der Waals surface area contributed by atoms with Gasteiger partial charge in [-0.25, -0.2) is 9.59 Å². The average Bonchev–Trinajstić information content (AvgIpc) is 2.48. The molecule has 1 saturated heterocycles. The zero-order valence-corrected chi connectivity index (χ0v) is 12.4. The number of carbonyl (C=O) groups is 2. The summed E-state index contributed by atoms with van der Waals surface area (Å²) in [4.78, 5) is 27.1. The van der Waals surface area contributed by atoms with Crippen LogP contribution in [0.2, 0.25) is 0 Å². The van der Waals surface area contributed by atoms with E-state index in [1.807, 2.05) is 0 Å². The van der Waals surface area contributed by atoms with Crippen molar-refractivity contribution in [1.82, 2.24) is 10.2 Å². The van der Waals surface area contributed by atoms with Crippen LogP contribution in [0.3, 0.4) is 0 Å². The summed E-state index contributed by atoms with van der Waals surface area (Å²) < 4.78 is 0. The van der Waals surface area contributed by atoms with E-state index in [-0.39, 0.29) is 17.6 Å². The zero-order chi connectivity index (χ0) is 15.4. The topological polar surface area (TPSA) is 72.9 Å². The number of para-hydroxylation sites is 1. The van der Waals surface area contributed by atoms with Gasteiger partial charge >= 0.3 is 12.0 Å². The zero-order valence-electron chi connectivity index (χ0n) is 12.4. The van der Waals surface area contributed by atoms with Gasteiger partial charge in [-0.05, 0) is 45.1 Å². The molecule has 0 saturated carbocycles. The SMILES string of the molecule is CN1CCC(NC(=O)N(C)c2ccccc2C(=O)O)CC1. The normalized spacial score (nSPS) is 16.5. The number of hydrogen-bond donors (Lipinski definition) is 2. The first-order valence-corrected chi connectivity index (χ1v) is 7.04. The highest BCUT2D eigenvalue weighted by Gasteiger charge is 2.22. The number of hydrogen-bond acceptors (Lipinski definition) is 3. The van der Waals surface area contributed by atoms with Gasteiger partial charge in [0, 0.05) is 13.1 Å². The molecule has 0 spiro atoms. The maximum absolute atomic E-state index is 12.3. The number of piperidine rings is 1. The van der Waals surface area contributed by atoms with Gasteiger partial charge in [0.05, 0.1) is 11.3 Å². The lowest BCUT2D eigenvalue weighted by Crippen LogP contribution is -2.48. The van der Waals surface area contributed by atoms with Crippen LogP contribution in [0, 0.1) is 0 Å². The molecule has 2 rings (SSSR count). The van der Waals surface area contributed by atoms with Gasteiger partial charge in [-0.3, -0.25) is 4.90 Å². The van der Waals surface area contributed by atoms with E-state index in [0.717, 1.165) is 25.9 Å². The maximum Gasteiger partial charge on any atom is 0.337 e. The smallest absolute Gasteiger partial charge is 0.337 e. The minimum Gasteiger partial charge on any atom is -0.478 e. The van der Waals surface area contributed by atoms with Gasteiger partial charge in [-0.2, -0.15) is 0 Å². The van der Waals surface area contributed by atoms with E-state index >= 15 is 0 Å². The Labute approximate surface area is 124 Å². The molecule has 21 heavy (non-hydrogen) atoms. The Morgan fingerprint density at radius 3 is 2.52 bits per heavy atom. The first kappa shape index (κ1) is 15.3. The van der Waals surface area contributed by atoms with Gasteiger partial charge in [-0.1, -0.05) is 12.1 Å². The molecule has 1 fully saturated rings. The summed E-state index contributed by atoms with van der Waals surface area (Å²) >= 11 is 0. The molecule has 2 N–H and O–H groups in total. The van der Waals surface area contributed by atoms with Crippen molar-refractivity contribution >= 4 is 17.7 Å². The average molecular weight is 291 g/mol. The van der Waals surface area contributed by atoms with Crippen LogP contribution in [-0.2, 0) is 0 Å². The first-order valence-electron chi connectivity index (χ1n) is 7.04. The third-order valence-electron chi connectivity index (χ3n) is 3.85. The lowest BCUT2D eigenvalue weighted by molar-refractivity contribution is 0.0697. The number of anilines is 1. The van der Waals surface area contributed by atoms with Gasteiger partial charge in [-0.15, -0.1) is 0 Å². The van der Waals surface area contributed by atoms with Crippen molar-refractivity contribution in [2.75, 3.05) is 32.1 Å². The Bertz CT molecular complexity index is 525. The van der Waals surface area contributed by atoms with Gasteiger partial charge in [0.1, 0.15) is 0 Å². The van der Waals surface area contributed by atoms with E-state index in [1.165, 1.54) is 11.0 Å². The van der Waals surface area contributed by atoms with Gasteiger partial charge in [0.15, 0.2) is 0 Å². The van der Waals surface area contributed by atoms with Crippen LogP contribution in [0.1, 0.15) is 23.2 Å². The molecule has 1 aliphatic rings. The first-order chi connectivity index (χ1) is 9.99. The Morgan fingerprint density at radius 1 is 1.29 bits per heavy atom. The molecule has 1 aromatic carbocycles. The molecule has 0 aromatic heterocycles. The van der Waals surface area contributed by atoms with E-state index < -0.39 is 5.97 Å². The number of benzene rings is 1. The lowest BCUT2D eigenvalue weighted by Gasteiger charge is -2.31. The summed E-state index contributed by atoms with van der Waals surface area (Å²) in [6, 6.07) is 6.39. The number of amides is 2. The molecule has 6 heteroatoms. The molecule has 2 amide bonds. The summed E-state index contributed by atoms with van der Waals surface area (Å²) in [7, 11) is 3.65. The number of rotatable bonds is 3. The highest BCUT2D eigenvalue weighted by Crippen LogP contribution is 2.19. The molecule has 0 aliphatic carbocycles. The predicted molar refractivity (Wildman–Crippen MR) is 80.9 cm³/mol. The van der Waals surface area contributed by atoms with Gasteiger partial charge in [0.2, 0.25) is 0 Å². The van der Waals surface area contributed by atoms with Crippen LogP contribution in [0.5, 0.6) is 0 Å². The number of nitrogens with one attached hydrogen (secondary N) is 1. The molecule has 0 unspecified atom stereocenters. The fourth-order valence-corrected chi connectivity index (χ4v) is 2.48. The van der Waals surface area contributed by atoms with Crippen LogP contribution in [0.15, 0.2) is 24.3 Å². The van der Waals surface area contributed by atoms with E-state index in [2.05, 4.69) is 17.3 Å². The predicted octanol–water partition coefficient (Wildman–Crippen LogP) is 1.62. The van der Waals surface area contributed by atoms with E-state index in [0.29, 0.717) is 5.69 Å². The molecule has 1 heterocycles. The second-order valence-electron chi connectivity index (χ2n) is 5.41. The lowest BCUT2D eigenvalue weighted by atomic mass is 10.1. The third-order valence-corrected chi connectivity index (χ3v) is 3.85. The number of carbonyl (C=O) groups excluding carboxylic acids is 1. The molecule has 0 bridgehead atoms. The minimum absolute atomic E-state index is 0.124. The van der Waals surface area contributed by atoms with Crippen molar-refractivity contribution < 1.29 is 14.7 Å². The number of nitrogens with zero attached hydrogens (tertiary/aromatic N) is 2. The van der Waals surface area contributed by atoms with Crippen LogP contribution in [0.4, 0.5) is 10.5 Å². The summed E-state index contributed by atoms with van der Waals surface area (Å²) in [5.74, 6) is -1.04. The largest absolute Gasteiger partial charge is 0.478 e. The monoisotopic (exact) mass is 291 g/mol. The van der Waals surface area contributed by atoms with Crippen LogP contribution >= 0.6 is 0 Å². The molecule has 0 radical (unpaired) electrons. The Hall–Kier alpha value is -2.08. The van der Waals surface area contributed by atoms with E-state index in [1.54, 1.807) is 25.2 Å². The number of aromatic carboxylic acids is 1. The minimum atomic E-state index is -1.04. The van der Waals surface area contributed by atoms with Crippen molar-refractivity contribution in [3.63, 3.8) is 0 Å². The Morgan fingerprint density at radius 2 is 1.90 bits per heavy atom. The quantitative estimate of drug-likeness (QED) is 0.887. The Kier molecular flexibility index (Phi) is 4.80. The van der Waals surface area contributed by atoms with Crippen molar-refractivity contribution in [1.29, 1.82) is 0 Å². The standard InChI is InChI=1S/C15H21N3O3/c1-17-9-7-11(8-10-17)16-15(21)18(2)13-6-4-3-5-12(13)14(19)20/h3-6,11H,7-10H2,1-2H3,(H,16,21)(H,19,20). The molecular weight excluding hydrogens is 270 g/mol. The number of urea groups is 1. The fraction of sp³-hybridized carbons (Fsp3) is 0.467. The van der Waals surface area contributed by atoms with Gasteiger partial charge in [0.25, 0.3) is 0 Å². The van der Waals surface area contributed by atoms with E-state index in [4.69, 9.17) is 0 Å². The maximum atomic E-state index is 12.3. The fourth-order valence-electron chi connectivity index (χ4n) is 2.48. The molecule has 0 atom stereocenters. The summed E-state index contributed by atoms with van der Waals surface area (Å²) in [5.41, 5.74) is 0.522. The molecule has 1 aliphatic heterocycles. The molecular formula is C15H21N3O3. The summed E-state index contributed by atoms with van der Waals surface area (Å²) in [5, 5.41) is 12.2. The van der Waals surface area contributed by atoms with Crippen molar-refractivity contribution in [3.05, 3.63) is 29.8 Å². The Balaban J connectivity index is 2.04. The van der Waals surface area contributed by atoms with Crippen molar-refractivity contribution in [2.45, 2.75) is 18.9 Å². The highest BCUT2D eigenvalue weighted by atomic mass is 16.4. The van der Waals surface area contributed by atoms with Crippen molar-refractivity contribution in [3.8, 4) is 0 Å². The van der Waals surface area contributed by atoms with E-state index in [9.17, 15) is 14.7 Å². The summed E-state index contributed by atoms with van der Waals surface area (Å²) in [6.45, 7) is 1.92.